The molecule has 1 aromatic heterocycles. The van der Waals surface area contributed by atoms with Crippen LogP contribution >= 0.6 is 0 Å². The lowest BCUT2D eigenvalue weighted by Gasteiger charge is -2.07. The van der Waals surface area contributed by atoms with Gasteiger partial charge in [-0.1, -0.05) is 13.3 Å². The Hall–Kier alpha value is -1.25. The zero-order chi connectivity index (χ0) is 10.7. The molecule has 0 aromatic carbocycles. The maximum Gasteiger partial charge on any atom is 0.185 e. The van der Waals surface area contributed by atoms with E-state index in [-0.39, 0.29) is 11.7 Å². The minimum absolute atomic E-state index is 0.180. The van der Waals surface area contributed by atoms with Crippen molar-refractivity contribution in [2.24, 2.45) is 11.8 Å². The smallest absolute Gasteiger partial charge is 0.185 e. The summed E-state index contributed by atoms with van der Waals surface area (Å²) in [6.07, 6.45) is 9.18. The SMILES string of the molecule is CCC1CCC(C(=O)c2cnccn2)C1. The van der Waals surface area contributed by atoms with Crippen LogP contribution < -0.4 is 0 Å². The highest BCUT2D eigenvalue weighted by Crippen LogP contribution is 2.34. The summed E-state index contributed by atoms with van der Waals surface area (Å²) in [7, 11) is 0. The van der Waals surface area contributed by atoms with Gasteiger partial charge in [0.2, 0.25) is 0 Å². The number of rotatable bonds is 3. The molecule has 0 radical (unpaired) electrons. The number of carbonyl (C=O) groups excluding carboxylic acids is 1. The monoisotopic (exact) mass is 204 g/mol. The van der Waals surface area contributed by atoms with Crippen LogP contribution in [0.25, 0.3) is 0 Å². The molecule has 1 fully saturated rings. The molecule has 1 aliphatic rings. The van der Waals surface area contributed by atoms with E-state index in [0.29, 0.717) is 5.69 Å². The molecule has 1 aliphatic carbocycles. The van der Waals surface area contributed by atoms with E-state index in [9.17, 15) is 4.79 Å². The molecule has 0 saturated heterocycles. The quantitative estimate of drug-likeness (QED) is 0.710. The minimum Gasteiger partial charge on any atom is -0.292 e. The van der Waals surface area contributed by atoms with Crippen LogP contribution in [-0.2, 0) is 0 Å². The number of hydrogen-bond donors (Lipinski definition) is 0. The second-order valence-electron chi connectivity index (χ2n) is 4.24. The lowest BCUT2D eigenvalue weighted by atomic mass is 9.98. The number of Topliss-reactive ketones (excluding diaryl/α,β-unsaturated/α-hetero) is 1. The summed E-state index contributed by atoms with van der Waals surface area (Å²) in [4.78, 5) is 20.0. The first kappa shape index (κ1) is 10.3. The van der Waals surface area contributed by atoms with Gasteiger partial charge in [0.1, 0.15) is 5.69 Å². The summed E-state index contributed by atoms with van der Waals surface area (Å²) in [5.74, 6) is 1.10. The van der Waals surface area contributed by atoms with E-state index in [1.54, 1.807) is 18.6 Å². The number of carbonyl (C=O) groups is 1. The zero-order valence-electron chi connectivity index (χ0n) is 9.02. The predicted molar refractivity (Wildman–Crippen MR) is 57.5 cm³/mol. The molecular weight excluding hydrogens is 188 g/mol. The molecule has 0 aliphatic heterocycles. The highest BCUT2D eigenvalue weighted by atomic mass is 16.1. The lowest BCUT2D eigenvalue weighted by molar-refractivity contribution is 0.0914. The van der Waals surface area contributed by atoms with Crippen molar-refractivity contribution in [1.82, 2.24) is 9.97 Å². The molecule has 1 heterocycles. The zero-order valence-corrected chi connectivity index (χ0v) is 9.02. The van der Waals surface area contributed by atoms with Gasteiger partial charge in [0.25, 0.3) is 0 Å². The molecule has 2 atom stereocenters. The van der Waals surface area contributed by atoms with Crippen molar-refractivity contribution < 1.29 is 4.79 Å². The Balaban J connectivity index is 2.04. The Morgan fingerprint density at radius 1 is 1.47 bits per heavy atom. The molecule has 1 saturated carbocycles. The van der Waals surface area contributed by atoms with Gasteiger partial charge in [-0.2, -0.15) is 0 Å². The summed E-state index contributed by atoms with van der Waals surface area (Å²) in [5, 5.41) is 0. The normalized spacial score (nSPS) is 25.4. The van der Waals surface area contributed by atoms with Crippen molar-refractivity contribution >= 4 is 5.78 Å². The molecule has 2 rings (SSSR count). The van der Waals surface area contributed by atoms with E-state index in [2.05, 4.69) is 16.9 Å². The molecule has 2 unspecified atom stereocenters. The van der Waals surface area contributed by atoms with Crippen LogP contribution in [-0.4, -0.2) is 15.8 Å². The summed E-state index contributed by atoms with van der Waals surface area (Å²) < 4.78 is 0. The van der Waals surface area contributed by atoms with Gasteiger partial charge < -0.3 is 0 Å². The second-order valence-corrected chi connectivity index (χ2v) is 4.24. The van der Waals surface area contributed by atoms with Crippen molar-refractivity contribution in [3.05, 3.63) is 24.3 Å². The second kappa shape index (κ2) is 4.51. The van der Waals surface area contributed by atoms with Gasteiger partial charge in [0.15, 0.2) is 5.78 Å². The fourth-order valence-corrected chi connectivity index (χ4v) is 2.32. The largest absolute Gasteiger partial charge is 0.292 e. The third-order valence-corrected chi connectivity index (χ3v) is 3.30. The Morgan fingerprint density at radius 3 is 2.93 bits per heavy atom. The number of hydrogen-bond acceptors (Lipinski definition) is 3. The van der Waals surface area contributed by atoms with Crippen LogP contribution in [0, 0.1) is 11.8 Å². The molecule has 0 spiro atoms. The van der Waals surface area contributed by atoms with E-state index >= 15 is 0 Å². The van der Waals surface area contributed by atoms with Crippen LogP contribution in [0.5, 0.6) is 0 Å². The van der Waals surface area contributed by atoms with Crippen molar-refractivity contribution in [3.63, 3.8) is 0 Å². The van der Waals surface area contributed by atoms with Gasteiger partial charge in [0, 0.05) is 18.3 Å². The first-order chi connectivity index (χ1) is 7.31. The minimum atomic E-state index is 0.180. The molecular formula is C12H16N2O. The Kier molecular flexibility index (Phi) is 3.09. The van der Waals surface area contributed by atoms with Gasteiger partial charge >= 0.3 is 0 Å². The van der Waals surface area contributed by atoms with E-state index in [1.165, 1.54) is 12.8 Å². The van der Waals surface area contributed by atoms with Gasteiger partial charge in [-0.15, -0.1) is 0 Å². The molecule has 0 bridgehead atoms. The van der Waals surface area contributed by atoms with Gasteiger partial charge in [-0.3, -0.25) is 9.78 Å². The fourth-order valence-electron chi connectivity index (χ4n) is 2.32. The first-order valence-corrected chi connectivity index (χ1v) is 5.61. The van der Waals surface area contributed by atoms with E-state index in [0.717, 1.165) is 18.8 Å². The third-order valence-electron chi connectivity index (χ3n) is 3.30. The highest BCUT2D eigenvalue weighted by Gasteiger charge is 2.29. The van der Waals surface area contributed by atoms with Gasteiger partial charge in [-0.25, -0.2) is 4.98 Å². The molecule has 15 heavy (non-hydrogen) atoms. The van der Waals surface area contributed by atoms with Crippen LogP contribution in [0.4, 0.5) is 0 Å². The Bertz CT molecular complexity index is 337. The van der Waals surface area contributed by atoms with E-state index in [4.69, 9.17) is 0 Å². The molecule has 3 heteroatoms. The molecule has 80 valence electrons. The van der Waals surface area contributed by atoms with Crippen LogP contribution in [0.1, 0.15) is 43.1 Å². The van der Waals surface area contributed by atoms with Crippen LogP contribution in [0.15, 0.2) is 18.6 Å². The highest BCUT2D eigenvalue weighted by molar-refractivity contribution is 5.95. The van der Waals surface area contributed by atoms with Gasteiger partial charge in [0.05, 0.1) is 6.20 Å². The first-order valence-electron chi connectivity index (χ1n) is 5.61. The molecule has 3 nitrogen and oxygen atoms in total. The third kappa shape index (κ3) is 2.22. The molecule has 0 N–H and O–H groups in total. The van der Waals surface area contributed by atoms with E-state index < -0.39 is 0 Å². The lowest BCUT2D eigenvalue weighted by Crippen LogP contribution is -2.13. The predicted octanol–water partition coefficient (Wildman–Crippen LogP) is 2.49. The number of ketones is 1. The standard InChI is InChI=1S/C12H16N2O/c1-2-9-3-4-10(7-9)12(15)11-8-13-5-6-14-11/h5-6,8-10H,2-4,7H2,1H3. The van der Waals surface area contributed by atoms with Gasteiger partial charge in [-0.05, 0) is 25.2 Å². The fraction of sp³-hybridized carbons (Fsp3) is 0.583. The maximum atomic E-state index is 12.0. The van der Waals surface area contributed by atoms with Crippen molar-refractivity contribution in [2.75, 3.05) is 0 Å². The topological polar surface area (TPSA) is 42.9 Å². The van der Waals surface area contributed by atoms with Crippen LogP contribution in [0.3, 0.4) is 0 Å². The average Bonchev–Trinajstić information content (AvgIpc) is 2.78. The van der Waals surface area contributed by atoms with Crippen molar-refractivity contribution in [2.45, 2.75) is 32.6 Å². The number of nitrogens with zero attached hydrogens (tertiary/aromatic N) is 2. The van der Waals surface area contributed by atoms with Crippen LogP contribution in [0.2, 0.25) is 0 Å². The molecule has 1 aromatic rings. The van der Waals surface area contributed by atoms with E-state index in [1.807, 2.05) is 0 Å². The summed E-state index contributed by atoms with van der Waals surface area (Å²) in [5.41, 5.74) is 0.527. The maximum absolute atomic E-state index is 12.0. The summed E-state index contributed by atoms with van der Waals surface area (Å²) >= 11 is 0. The van der Waals surface area contributed by atoms with Crippen molar-refractivity contribution in [1.29, 1.82) is 0 Å². The van der Waals surface area contributed by atoms with Crippen molar-refractivity contribution in [3.8, 4) is 0 Å². The average molecular weight is 204 g/mol. The Labute approximate surface area is 89.9 Å². The Morgan fingerprint density at radius 2 is 2.33 bits per heavy atom. The summed E-state index contributed by atoms with van der Waals surface area (Å²) in [6.45, 7) is 2.19. The number of aromatic nitrogens is 2. The summed E-state index contributed by atoms with van der Waals surface area (Å²) in [6, 6.07) is 0. The molecule has 0 amide bonds.